The third-order valence-electron chi connectivity index (χ3n) is 3.18. The van der Waals surface area contributed by atoms with Gasteiger partial charge >= 0.3 is 0 Å². The van der Waals surface area contributed by atoms with Gasteiger partial charge in [-0.3, -0.25) is 4.79 Å². The van der Waals surface area contributed by atoms with Crippen LogP contribution in [-0.4, -0.2) is 17.3 Å². The van der Waals surface area contributed by atoms with E-state index in [-0.39, 0.29) is 23.7 Å². The van der Waals surface area contributed by atoms with Gasteiger partial charge in [0.1, 0.15) is 5.82 Å². The van der Waals surface area contributed by atoms with Crippen molar-refractivity contribution in [2.75, 3.05) is 5.88 Å². The Bertz CT molecular complexity index is 411. The lowest BCUT2D eigenvalue weighted by atomic mass is 9.95. The number of rotatable bonds is 6. The van der Waals surface area contributed by atoms with Gasteiger partial charge in [-0.25, -0.2) is 4.39 Å². The van der Waals surface area contributed by atoms with Crippen molar-refractivity contribution in [2.24, 2.45) is 0 Å². The molecule has 0 saturated carbocycles. The van der Waals surface area contributed by atoms with Crippen LogP contribution in [0.5, 0.6) is 0 Å². The molecule has 1 N–H and O–H groups in total. The summed E-state index contributed by atoms with van der Waals surface area (Å²) in [6, 6.07) is 6.32. The summed E-state index contributed by atoms with van der Waals surface area (Å²) in [6.45, 7) is 3.95. The molecule has 1 aromatic carbocycles. The quantitative estimate of drug-likeness (QED) is 0.791. The number of alkyl halides is 1. The summed E-state index contributed by atoms with van der Waals surface area (Å²) in [4.78, 5) is 11.9. The van der Waals surface area contributed by atoms with E-state index in [1.807, 2.05) is 13.8 Å². The van der Waals surface area contributed by atoms with Crippen molar-refractivity contribution < 1.29 is 9.18 Å². The molecule has 18 heavy (non-hydrogen) atoms. The van der Waals surface area contributed by atoms with E-state index in [9.17, 15) is 9.18 Å². The van der Waals surface area contributed by atoms with Crippen LogP contribution >= 0.6 is 11.6 Å². The van der Waals surface area contributed by atoms with Crippen LogP contribution in [0.25, 0.3) is 0 Å². The monoisotopic (exact) mass is 271 g/mol. The van der Waals surface area contributed by atoms with Gasteiger partial charge in [0.2, 0.25) is 5.91 Å². The maximum absolute atomic E-state index is 13.4. The van der Waals surface area contributed by atoms with Gasteiger partial charge in [0.25, 0.3) is 0 Å². The zero-order valence-electron chi connectivity index (χ0n) is 10.8. The zero-order valence-corrected chi connectivity index (χ0v) is 11.6. The van der Waals surface area contributed by atoms with E-state index in [2.05, 4.69) is 5.32 Å². The number of carbonyl (C=O) groups excluding carboxylic acids is 1. The zero-order chi connectivity index (χ0) is 13.6. The molecule has 100 valence electrons. The van der Waals surface area contributed by atoms with Crippen LogP contribution < -0.4 is 5.32 Å². The standard InChI is InChI=1S/C14H19ClFNO/c1-3-14(2,8-9-15)17-13(18)10-11-6-4-5-7-12(11)16/h4-7H,3,8-10H2,1-2H3,(H,17,18). The van der Waals surface area contributed by atoms with Crippen LogP contribution in [0.3, 0.4) is 0 Å². The molecule has 0 radical (unpaired) electrons. The first-order chi connectivity index (χ1) is 8.50. The maximum Gasteiger partial charge on any atom is 0.224 e. The lowest BCUT2D eigenvalue weighted by molar-refractivity contribution is -0.122. The largest absolute Gasteiger partial charge is 0.351 e. The van der Waals surface area contributed by atoms with Crippen LogP contribution in [0.1, 0.15) is 32.3 Å². The van der Waals surface area contributed by atoms with Crippen LogP contribution in [0, 0.1) is 5.82 Å². The molecule has 1 aromatic rings. The molecule has 0 spiro atoms. The smallest absolute Gasteiger partial charge is 0.224 e. The SMILES string of the molecule is CCC(C)(CCCl)NC(=O)Cc1ccccc1F. The topological polar surface area (TPSA) is 29.1 Å². The number of hydrogen-bond acceptors (Lipinski definition) is 1. The van der Waals surface area contributed by atoms with E-state index < -0.39 is 0 Å². The summed E-state index contributed by atoms with van der Waals surface area (Å²) >= 11 is 5.72. The summed E-state index contributed by atoms with van der Waals surface area (Å²) in [7, 11) is 0. The van der Waals surface area contributed by atoms with Gasteiger partial charge in [0.15, 0.2) is 0 Å². The van der Waals surface area contributed by atoms with Crippen molar-refractivity contribution in [3.63, 3.8) is 0 Å². The summed E-state index contributed by atoms with van der Waals surface area (Å²) in [6.07, 6.45) is 1.56. The molecule has 0 saturated heterocycles. The highest BCUT2D eigenvalue weighted by molar-refractivity contribution is 6.17. The Labute approximate surface area is 113 Å². The van der Waals surface area contributed by atoms with E-state index in [0.717, 1.165) is 6.42 Å². The first kappa shape index (κ1) is 15.0. The van der Waals surface area contributed by atoms with Gasteiger partial charge in [0.05, 0.1) is 6.42 Å². The molecular formula is C14H19ClFNO. The molecule has 0 fully saturated rings. The average molecular weight is 272 g/mol. The fraction of sp³-hybridized carbons (Fsp3) is 0.500. The van der Waals surface area contributed by atoms with Crippen molar-refractivity contribution in [3.8, 4) is 0 Å². The van der Waals surface area contributed by atoms with Crippen LogP contribution in [0.2, 0.25) is 0 Å². The minimum atomic E-state index is -0.344. The molecule has 1 rings (SSSR count). The molecule has 1 unspecified atom stereocenters. The van der Waals surface area contributed by atoms with Crippen LogP contribution in [0.4, 0.5) is 4.39 Å². The fourth-order valence-corrected chi connectivity index (χ4v) is 2.15. The Kier molecular flexibility index (Phi) is 5.60. The van der Waals surface area contributed by atoms with Crippen molar-refractivity contribution >= 4 is 17.5 Å². The summed E-state index contributed by atoms with van der Waals surface area (Å²) in [5, 5.41) is 2.93. The lowest BCUT2D eigenvalue weighted by Gasteiger charge is -2.29. The van der Waals surface area contributed by atoms with Gasteiger partial charge in [-0.15, -0.1) is 11.6 Å². The Morgan fingerprint density at radius 2 is 2.11 bits per heavy atom. The Hall–Kier alpha value is -1.09. The summed E-state index contributed by atoms with van der Waals surface area (Å²) in [5.41, 5.74) is 0.101. The molecule has 0 aliphatic rings. The Morgan fingerprint density at radius 1 is 1.44 bits per heavy atom. The molecule has 2 nitrogen and oxygen atoms in total. The second-order valence-electron chi connectivity index (χ2n) is 4.67. The first-order valence-electron chi connectivity index (χ1n) is 6.11. The van der Waals surface area contributed by atoms with Gasteiger partial charge in [-0.2, -0.15) is 0 Å². The van der Waals surface area contributed by atoms with Gasteiger partial charge in [-0.05, 0) is 31.4 Å². The Morgan fingerprint density at radius 3 is 2.67 bits per heavy atom. The van der Waals surface area contributed by atoms with E-state index >= 15 is 0 Å². The second-order valence-corrected chi connectivity index (χ2v) is 5.05. The number of carbonyl (C=O) groups is 1. The number of benzene rings is 1. The maximum atomic E-state index is 13.4. The molecule has 4 heteroatoms. The fourth-order valence-electron chi connectivity index (χ4n) is 1.73. The summed E-state index contributed by atoms with van der Waals surface area (Å²) < 4.78 is 13.4. The first-order valence-corrected chi connectivity index (χ1v) is 6.64. The van der Waals surface area contributed by atoms with E-state index in [0.29, 0.717) is 17.9 Å². The van der Waals surface area contributed by atoms with Gasteiger partial charge in [-0.1, -0.05) is 25.1 Å². The molecule has 1 atom stereocenters. The van der Waals surface area contributed by atoms with Crippen molar-refractivity contribution in [2.45, 2.75) is 38.6 Å². The molecule has 1 amide bonds. The van der Waals surface area contributed by atoms with E-state index in [1.54, 1.807) is 18.2 Å². The number of nitrogens with one attached hydrogen (secondary N) is 1. The number of amides is 1. The highest BCUT2D eigenvalue weighted by atomic mass is 35.5. The van der Waals surface area contributed by atoms with Crippen LogP contribution in [-0.2, 0) is 11.2 Å². The van der Waals surface area contributed by atoms with Gasteiger partial charge in [0, 0.05) is 11.4 Å². The minimum Gasteiger partial charge on any atom is -0.351 e. The van der Waals surface area contributed by atoms with Gasteiger partial charge < -0.3 is 5.32 Å². The van der Waals surface area contributed by atoms with E-state index in [4.69, 9.17) is 11.6 Å². The van der Waals surface area contributed by atoms with Crippen molar-refractivity contribution in [1.29, 1.82) is 0 Å². The highest BCUT2D eigenvalue weighted by Crippen LogP contribution is 2.16. The highest BCUT2D eigenvalue weighted by Gasteiger charge is 2.23. The number of halogens is 2. The molecule has 0 aliphatic carbocycles. The third kappa shape index (κ3) is 4.30. The lowest BCUT2D eigenvalue weighted by Crippen LogP contribution is -2.46. The third-order valence-corrected chi connectivity index (χ3v) is 3.37. The summed E-state index contributed by atoms with van der Waals surface area (Å²) in [5.74, 6) is -0.0256. The Balaban J connectivity index is 2.64. The predicted molar refractivity (Wildman–Crippen MR) is 72.3 cm³/mol. The molecule has 0 aliphatic heterocycles. The normalized spacial score (nSPS) is 14.0. The number of hydrogen-bond donors (Lipinski definition) is 1. The molecule has 0 heterocycles. The average Bonchev–Trinajstić information content (AvgIpc) is 2.32. The van der Waals surface area contributed by atoms with Crippen LogP contribution in [0.15, 0.2) is 24.3 Å². The van der Waals surface area contributed by atoms with Crippen molar-refractivity contribution in [3.05, 3.63) is 35.6 Å². The molecule has 0 aromatic heterocycles. The van der Waals surface area contributed by atoms with Crippen molar-refractivity contribution in [1.82, 2.24) is 5.32 Å². The van der Waals surface area contributed by atoms with E-state index in [1.165, 1.54) is 6.07 Å². The second kappa shape index (κ2) is 6.74. The molecular weight excluding hydrogens is 253 g/mol. The predicted octanol–water partition coefficient (Wildman–Crippen LogP) is 3.28. The molecule has 0 bridgehead atoms. The minimum absolute atomic E-state index is 0.0601.